The Labute approximate surface area is 174 Å². The van der Waals surface area contributed by atoms with Crippen molar-refractivity contribution in [2.45, 2.75) is 6.92 Å². The molecule has 0 N–H and O–H groups in total. The molecule has 0 nitrogen and oxygen atoms in total. The molecule has 0 amide bonds. The van der Waals surface area contributed by atoms with Crippen LogP contribution in [-0.2, 0) is 0 Å². The van der Waals surface area contributed by atoms with Crippen LogP contribution in [-0.4, -0.2) is 0 Å². The molecule has 4 aromatic rings. The van der Waals surface area contributed by atoms with Gasteiger partial charge in [-0.1, -0.05) is 95.3 Å². The third-order valence-electron chi connectivity index (χ3n) is 5.03. The van der Waals surface area contributed by atoms with E-state index in [0.29, 0.717) is 0 Å². The van der Waals surface area contributed by atoms with Crippen LogP contribution in [0.2, 0.25) is 0 Å². The molecule has 0 bridgehead atoms. The van der Waals surface area contributed by atoms with Crippen LogP contribution in [0.3, 0.4) is 0 Å². The van der Waals surface area contributed by atoms with E-state index in [1.807, 2.05) is 6.08 Å². The standard InChI is InChI=1S/C27H21Br/c1-3-5-10-19(4-2)21-15-22(17-23(28)16-21)27-18-20-11-6-7-12-24(20)25-13-8-9-14-26(25)27/h3-18H,1H2,2H3/b10-5-,19-4+. The largest absolute Gasteiger partial charge is 0.0991 e. The molecular formula is C27H21Br. The van der Waals surface area contributed by atoms with Crippen molar-refractivity contribution in [1.82, 2.24) is 0 Å². The van der Waals surface area contributed by atoms with Gasteiger partial charge in [-0.2, -0.15) is 0 Å². The van der Waals surface area contributed by atoms with Crippen molar-refractivity contribution in [3.05, 3.63) is 114 Å². The number of hydrogen-bond acceptors (Lipinski definition) is 0. The molecule has 0 aliphatic rings. The summed E-state index contributed by atoms with van der Waals surface area (Å²) in [6.07, 6.45) is 8.00. The van der Waals surface area contributed by atoms with Crippen molar-refractivity contribution in [3.63, 3.8) is 0 Å². The molecule has 0 saturated carbocycles. The summed E-state index contributed by atoms with van der Waals surface area (Å²) in [4.78, 5) is 0. The molecule has 0 heterocycles. The SMILES string of the molecule is C=C/C=C\C(=C/C)c1cc(Br)cc(-c2cc3ccccc3c3ccccc23)c1. The third-order valence-corrected chi connectivity index (χ3v) is 5.49. The van der Waals surface area contributed by atoms with Crippen LogP contribution < -0.4 is 0 Å². The predicted octanol–water partition coefficient (Wildman–Crippen LogP) is 8.57. The topological polar surface area (TPSA) is 0 Å². The van der Waals surface area contributed by atoms with Gasteiger partial charge in [-0.15, -0.1) is 0 Å². The maximum atomic E-state index is 3.78. The zero-order valence-electron chi connectivity index (χ0n) is 15.8. The fourth-order valence-corrected chi connectivity index (χ4v) is 4.23. The Balaban J connectivity index is 2.00. The minimum atomic E-state index is 1.07. The maximum absolute atomic E-state index is 3.78. The van der Waals surface area contributed by atoms with E-state index >= 15 is 0 Å². The van der Waals surface area contributed by atoms with Crippen molar-refractivity contribution >= 4 is 43.0 Å². The molecule has 4 aromatic carbocycles. The monoisotopic (exact) mass is 424 g/mol. The lowest BCUT2D eigenvalue weighted by Crippen LogP contribution is -1.88. The summed E-state index contributed by atoms with van der Waals surface area (Å²) in [7, 11) is 0. The first-order chi connectivity index (χ1) is 13.7. The predicted molar refractivity (Wildman–Crippen MR) is 128 cm³/mol. The molecular weight excluding hydrogens is 404 g/mol. The second kappa shape index (κ2) is 8.00. The molecule has 0 spiro atoms. The fourth-order valence-electron chi connectivity index (χ4n) is 3.74. The van der Waals surface area contributed by atoms with Gasteiger partial charge in [-0.05, 0) is 75.0 Å². The highest BCUT2D eigenvalue weighted by Gasteiger charge is 2.10. The van der Waals surface area contributed by atoms with E-state index in [4.69, 9.17) is 0 Å². The summed E-state index contributed by atoms with van der Waals surface area (Å²) in [6, 6.07) is 26.2. The van der Waals surface area contributed by atoms with Gasteiger partial charge in [0.05, 0.1) is 0 Å². The van der Waals surface area contributed by atoms with Crippen LogP contribution in [0.1, 0.15) is 12.5 Å². The van der Waals surface area contributed by atoms with Crippen LogP contribution >= 0.6 is 15.9 Å². The first-order valence-electron chi connectivity index (χ1n) is 9.38. The summed E-state index contributed by atoms with van der Waals surface area (Å²) in [6.45, 7) is 5.85. The molecule has 0 radical (unpaired) electrons. The quantitative estimate of drug-likeness (QED) is 0.227. The van der Waals surface area contributed by atoms with E-state index in [2.05, 4.69) is 114 Å². The summed E-state index contributed by atoms with van der Waals surface area (Å²) in [5, 5.41) is 5.11. The van der Waals surface area contributed by atoms with E-state index in [1.165, 1.54) is 43.8 Å². The van der Waals surface area contributed by atoms with Crippen molar-refractivity contribution in [1.29, 1.82) is 0 Å². The lowest BCUT2D eigenvalue weighted by molar-refractivity contribution is 1.55. The normalized spacial score (nSPS) is 12.1. The van der Waals surface area contributed by atoms with Crippen molar-refractivity contribution < 1.29 is 0 Å². The zero-order chi connectivity index (χ0) is 19.5. The number of hydrogen-bond donors (Lipinski definition) is 0. The van der Waals surface area contributed by atoms with Crippen LogP contribution in [0.4, 0.5) is 0 Å². The van der Waals surface area contributed by atoms with E-state index in [-0.39, 0.29) is 0 Å². The van der Waals surface area contributed by atoms with Crippen molar-refractivity contribution in [2.24, 2.45) is 0 Å². The number of rotatable bonds is 4. The molecule has 0 atom stereocenters. The summed E-state index contributed by atoms with van der Waals surface area (Å²) in [5.74, 6) is 0. The Bertz CT molecular complexity index is 1240. The molecule has 0 aromatic heterocycles. The molecule has 0 saturated heterocycles. The summed E-state index contributed by atoms with van der Waals surface area (Å²) < 4.78 is 1.07. The number of allylic oxidation sites excluding steroid dienone is 5. The van der Waals surface area contributed by atoms with Crippen molar-refractivity contribution in [2.75, 3.05) is 0 Å². The van der Waals surface area contributed by atoms with E-state index in [9.17, 15) is 0 Å². The lowest BCUT2D eigenvalue weighted by Gasteiger charge is -2.13. The summed E-state index contributed by atoms with van der Waals surface area (Å²) in [5.41, 5.74) is 4.81. The van der Waals surface area contributed by atoms with E-state index in [1.54, 1.807) is 6.08 Å². The highest BCUT2D eigenvalue weighted by molar-refractivity contribution is 9.10. The second-order valence-electron chi connectivity index (χ2n) is 6.76. The van der Waals surface area contributed by atoms with Gasteiger partial charge in [0.1, 0.15) is 0 Å². The number of halogens is 1. The highest BCUT2D eigenvalue weighted by Crippen LogP contribution is 2.37. The van der Waals surface area contributed by atoms with Gasteiger partial charge in [0.15, 0.2) is 0 Å². The van der Waals surface area contributed by atoms with E-state index < -0.39 is 0 Å². The molecule has 4 rings (SSSR count). The average molecular weight is 425 g/mol. The van der Waals surface area contributed by atoms with Gasteiger partial charge in [0.2, 0.25) is 0 Å². The smallest absolute Gasteiger partial charge is 0.0187 e. The molecule has 0 aliphatic carbocycles. The van der Waals surface area contributed by atoms with Gasteiger partial charge in [-0.25, -0.2) is 0 Å². The van der Waals surface area contributed by atoms with Gasteiger partial charge >= 0.3 is 0 Å². The maximum Gasteiger partial charge on any atom is 0.0187 e. The Morgan fingerprint density at radius 1 is 0.857 bits per heavy atom. The van der Waals surface area contributed by atoms with Gasteiger partial charge in [0.25, 0.3) is 0 Å². The first kappa shape index (κ1) is 18.5. The lowest BCUT2D eigenvalue weighted by atomic mass is 9.91. The number of benzene rings is 4. The molecule has 0 unspecified atom stereocenters. The Morgan fingerprint density at radius 2 is 1.57 bits per heavy atom. The second-order valence-corrected chi connectivity index (χ2v) is 7.67. The minimum Gasteiger partial charge on any atom is -0.0991 e. The minimum absolute atomic E-state index is 1.07. The Hall–Kier alpha value is -2.90. The van der Waals surface area contributed by atoms with Crippen molar-refractivity contribution in [3.8, 4) is 11.1 Å². The highest BCUT2D eigenvalue weighted by atomic mass is 79.9. The molecule has 28 heavy (non-hydrogen) atoms. The number of fused-ring (bicyclic) bond motifs is 3. The Kier molecular flexibility index (Phi) is 5.27. The Morgan fingerprint density at radius 3 is 2.32 bits per heavy atom. The van der Waals surface area contributed by atoms with Crippen LogP contribution in [0.5, 0.6) is 0 Å². The summed E-state index contributed by atoms with van der Waals surface area (Å²) >= 11 is 3.72. The van der Waals surface area contributed by atoms with Gasteiger partial charge < -0.3 is 0 Å². The van der Waals surface area contributed by atoms with Crippen LogP contribution in [0, 0.1) is 0 Å². The van der Waals surface area contributed by atoms with Gasteiger partial charge in [-0.3, -0.25) is 0 Å². The first-order valence-corrected chi connectivity index (χ1v) is 10.2. The van der Waals surface area contributed by atoms with Crippen LogP contribution in [0.25, 0.3) is 38.2 Å². The van der Waals surface area contributed by atoms with Gasteiger partial charge in [0, 0.05) is 4.47 Å². The fraction of sp³-hybridized carbons (Fsp3) is 0.0370. The van der Waals surface area contributed by atoms with Crippen LogP contribution in [0.15, 0.2) is 108 Å². The average Bonchev–Trinajstić information content (AvgIpc) is 2.73. The molecule has 0 fully saturated rings. The molecule has 136 valence electrons. The third kappa shape index (κ3) is 3.46. The molecule has 1 heteroatoms. The zero-order valence-corrected chi connectivity index (χ0v) is 17.4. The van der Waals surface area contributed by atoms with E-state index in [0.717, 1.165) is 4.47 Å². The molecule has 0 aliphatic heterocycles.